The Labute approximate surface area is 106 Å². The molecule has 1 aliphatic heterocycles. The zero-order valence-corrected chi connectivity index (χ0v) is 10.5. The molecule has 2 aromatic rings. The number of hydrogen-bond acceptors (Lipinski definition) is 4. The fourth-order valence-electron chi connectivity index (χ4n) is 2.17. The van der Waals surface area contributed by atoms with E-state index in [0.29, 0.717) is 12.6 Å². The average molecular weight is 241 g/mol. The van der Waals surface area contributed by atoms with Crippen LogP contribution < -0.4 is 10.1 Å². The van der Waals surface area contributed by atoms with Crippen LogP contribution >= 0.6 is 0 Å². The molecule has 4 heteroatoms. The second kappa shape index (κ2) is 4.38. The van der Waals surface area contributed by atoms with E-state index in [1.54, 1.807) is 0 Å². The first kappa shape index (κ1) is 11.2. The summed E-state index contributed by atoms with van der Waals surface area (Å²) in [5.41, 5.74) is 3.32. The van der Waals surface area contributed by atoms with Crippen molar-refractivity contribution < 1.29 is 4.74 Å². The molecule has 3 rings (SSSR count). The molecule has 0 amide bonds. The maximum Gasteiger partial charge on any atom is 0.125 e. The van der Waals surface area contributed by atoms with E-state index in [9.17, 15) is 0 Å². The standard InChI is InChI=1S/C14H15N3O/c1-9-16-6-11(7-17-9)10-3-4-12-13(15-2)8-18-14(12)5-10/h3-7,13,15H,8H2,1-2H3/t13-/m1/s1. The third-order valence-electron chi connectivity index (χ3n) is 3.26. The van der Waals surface area contributed by atoms with Gasteiger partial charge in [-0.3, -0.25) is 0 Å². The summed E-state index contributed by atoms with van der Waals surface area (Å²) in [6.45, 7) is 2.58. The molecule has 1 N–H and O–H groups in total. The highest BCUT2D eigenvalue weighted by Crippen LogP contribution is 2.35. The van der Waals surface area contributed by atoms with Gasteiger partial charge < -0.3 is 10.1 Å². The van der Waals surface area contributed by atoms with Crippen molar-refractivity contribution in [3.63, 3.8) is 0 Å². The van der Waals surface area contributed by atoms with Crippen molar-refractivity contribution in [1.82, 2.24) is 15.3 Å². The summed E-state index contributed by atoms with van der Waals surface area (Å²) in [6, 6.07) is 6.55. The lowest BCUT2D eigenvalue weighted by molar-refractivity contribution is 0.318. The number of likely N-dealkylation sites (N-methyl/N-ethyl adjacent to an activating group) is 1. The van der Waals surface area contributed by atoms with Crippen LogP contribution in [0.15, 0.2) is 30.6 Å². The van der Waals surface area contributed by atoms with Crippen molar-refractivity contribution in [1.29, 1.82) is 0 Å². The molecule has 0 saturated heterocycles. The monoisotopic (exact) mass is 241 g/mol. The van der Waals surface area contributed by atoms with Crippen LogP contribution in [0.3, 0.4) is 0 Å². The van der Waals surface area contributed by atoms with Crippen LogP contribution in [0.2, 0.25) is 0 Å². The van der Waals surface area contributed by atoms with Gasteiger partial charge in [0, 0.05) is 23.5 Å². The molecule has 1 aromatic heterocycles. The fraction of sp³-hybridized carbons (Fsp3) is 0.286. The lowest BCUT2D eigenvalue weighted by Gasteiger charge is -2.07. The van der Waals surface area contributed by atoms with Gasteiger partial charge in [0.25, 0.3) is 0 Å². The lowest BCUT2D eigenvalue weighted by atomic mass is 10.0. The van der Waals surface area contributed by atoms with Crippen LogP contribution in [0.5, 0.6) is 5.75 Å². The molecule has 0 spiro atoms. The Morgan fingerprint density at radius 2 is 2.00 bits per heavy atom. The number of aromatic nitrogens is 2. The van der Waals surface area contributed by atoms with Crippen molar-refractivity contribution in [3.8, 4) is 16.9 Å². The van der Waals surface area contributed by atoms with Gasteiger partial charge >= 0.3 is 0 Å². The van der Waals surface area contributed by atoms with Gasteiger partial charge in [-0.1, -0.05) is 12.1 Å². The second-order valence-corrected chi connectivity index (χ2v) is 4.42. The summed E-state index contributed by atoms with van der Waals surface area (Å²) in [7, 11) is 1.95. The molecule has 0 fully saturated rings. The lowest BCUT2D eigenvalue weighted by Crippen LogP contribution is -2.16. The maximum absolute atomic E-state index is 5.68. The van der Waals surface area contributed by atoms with Gasteiger partial charge in [0.2, 0.25) is 0 Å². The minimum absolute atomic E-state index is 0.295. The largest absolute Gasteiger partial charge is 0.491 e. The SMILES string of the molecule is CN[C@@H]1COc2cc(-c3cnc(C)nc3)ccc21. The Hall–Kier alpha value is -1.94. The Balaban J connectivity index is 1.98. The quantitative estimate of drug-likeness (QED) is 0.874. The average Bonchev–Trinajstić information content (AvgIpc) is 2.81. The van der Waals surface area contributed by atoms with Gasteiger partial charge in [-0.2, -0.15) is 0 Å². The molecule has 2 heterocycles. The number of nitrogens with zero attached hydrogens (tertiary/aromatic N) is 2. The van der Waals surface area contributed by atoms with Gasteiger partial charge in [0.1, 0.15) is 18.2 Å². The number of aryl methyl sites for hydroxylation is 1. The molecule has 0 saturated carbocycles. The minimum atomic E-state index is 0.295. The van der Waals surface area contributed by atoms with Crippen LogP contribution in [-0.2, 0) is 0 Å². The summed E-state index contributed by atoms with van der Waals surface area (Å²) in [5.74, 6) is 1.74. The van der Waals surface area contributed by atoms with Crippen LogP contribution in [0.25, 0.3) is 11.1 Å². The normalized spacial score (nSPS) is 17.3. The maximum atomic E-state index is 5.68. The summed E-state index contributed by atoms with van der Waals surface area (Å²) in [4.78, 5) is 8.43. The zero-order chi connectivity index (χ0) is 12.5. The molecular formula is C14H15N3O. The number of nitrogens with one attached hydrogen (secondary N) is 1. The first-order valence-electron chi connectivity index (χ1n) is 6.01. The van der Waals surface area contributed by atoms with Crippen molar-refractivity contribution >= 4 is 0 Å². The minimum Gasteiger partial charge on any atom is -0.491 e. The Kier molecular flexibility index (Phi) is 2.72. The van der Waals surface area contributed by atoms with E-state index in [0.717, 1.165) is 22.7 Å². The van der Waals surface area contributed by atoms with Crippen LogP contribution in [-0.4, -0.2) is 23.6 Å². The van der Waals surface area contributed by atoms with Gasteiger partial charge in [0.05, 0.1) is 6.04 Å². The highest BCUT2D eigenvalue weighted by Gasteiger charge is 2.22. The molecule has 0 aliphatic carbocycles. The summed E-state index contributed by atoms with van der Waals surface area (Å²) >= 11 is 0. The highest BCUT2D eigenvalue weighted by atomic mass is 16.5. The Bertz CT molecular complexity index is 566. The first-order valence-corrected chi connectivity index (χ1v) is 6.01. The van der Waals surface area contributed by atoms with E-state index >= 15 is 0 Å². The Morgan fingerprint density at radius 3 is 2.72 bits per heavy atom. The molecule has 1 aromatic carbocycles. The zero-order valence-electron chi connectivity index (χ0n) is 10.5. The summed E-state index contributed by atoms with van der Waals surface area (Å²) in [5, 5.41) is 3.24. The van der Waals surface area contributed by atoms with Gasteiger partial charge in [-0.15, -0.1) is 0 Å². The molecule has 0 radical (unpaired) electrons. The van der Waals surface area contributed by atoms with Crippen molar-refractivity contribution in [2.24, 2.45) is 0 Å². The number of ether oxygens (including phenoxy) is 1. The molecule has 18 heavy (non-hydrogen) atoms. The predicted octanol–water partition coefficient (Wildman–Crippen LogP) is 2.10. The molecule has 92 valence electrons. The third-order valence-corrected chi connectivity index (χ3v) is 3.26. The Morgan fingerprint density at radius 1 is 1.22 bits per heavy atom. The molecule has 4 nitrogen and oxygen atoms in total. The summed E-state index contributed by atoms with van der Waals surface area (Å²) < 4.78 is 5.68. The number of rotatable bonds is 2. The molecule has 1 atom stereocenters. The van der Waals surface area contributed by atoms with Crippen LogP contribution in [0.4, 0.5) is 0 Å². The second-order valence-electron chi connectivity index (χ2n) is 4.42. The molecule has 0 bridgehead atoms. The fourth-order valence-corrected chi connectivity index (χ4v) is 2.17. The number of hydrogen-bond donors (Lipinski definition) is 1. The van der Waals surface area contributed by atoms with Gasteiger partial charge in [0.15, 0.2) is 0 Å². The van der Waals surface area contributed by atoms with E-state index in [1.165, 1.54) is 5.56 Å². The highest BCUT2D eigenvalue weighted by molar-refractivity contribution is 5.65. The van der Waals surface area contributed by atoms with E-state index < -0.39 is 0 Å². The van der Waals surface area contributed by atoms with E-state index in [-0.39, 0.29) is 0 Å². The van der Waals surface area contributed by atoms with Crippen molar-refractivity contribution in [2.45, 2.75) is 13.0 Å². The van der Waals surface area contributed by atoms with Crippen LogP contribution in [0.1, 0.15) is 17.4 Å². The first-order chi connectivity index (χ1) is 8.78. The predicted molar refractivity (Wildman–Crippen MR) is 69.5 cm³/mol. The van der Waals surface area contributed by atoms with Crippen LogP contribution in [0, 0.1) is 6.92 Å². The smallest absolute Gasteiger partial charge is 0.125 e. The van der Waals surface area contributed by atoms with Crippen molar-refractivity contribution in [2.75, 3.05) is 13.7 Å². The third kappa shape index (κ3) is 1.84. The van der Waals surface area contributed by atoms with Gasteiger partial charge in [-0.05, 0) is 25.6 Å². The van der Waals surface area contributed by atoms with E-state index in [4.69, 9.17) is 4.74 Å². The molecular weight excluding hydrogens is 226 g/mol. The van der Waals surface area contributed by atoms with Crippen molar-refractivity contribution in [3.05, 3.63) is 42.0 Å². The molecule has 1 aliphatic rings. The number of fused-ring (bicyclic) bond motifs is 1. The number of benzene rings is 1. The molecule has 0 unspecified atom stereocenters. The summed E-state index contributed by atoms with van der Waals surface area (Å²) in [6.07, 6.45) is 3.68. The van der Waals surface area contributed by atoms with E-state index in [2.05, 4.69) is 33.5 Å². The van der Waals surface area contributed by atoms with Gasteiger partial charge in [-0.25, -0.2) is 9.97 Å². The van der Waals surface area contributed by atoms with E-state index in [1.807, 2.05) is 26.4 Å². The topological polar surface area (TPSA) is 47.0 Å².